The maximum atomic E-state index is 13.4. The number of benzene rings is 1. The fraction of sp³-hybridized carbons (Fsp3) is 0.615. The number of amides is 4. The lowest BCUT2D eigenvalue weighted by atomic mass is 9.92. The maximum absolute atomic E-state index is 13.4. The number of nitrogens with zero attached hydrogens (tertiary/aromatic N) is 1. The van der Waals surface area contributed by atoms with Crippen molar-refractivity contribution in [2.24, 2.45) is 5.92 Å². The van der Waals surface area contributed by atoms with Crippen LogP contribution in [0.1, 0.15) is 45.1 Å². The van der Waals surface area contributed by atoms with Gasteiger partial charge in [-0.05, 0) is 49.3 Å². The van der Waals surface area contributed by atoms with Crippen molar-refractivity contribution in [2.45, 2.75) is 64.1 Å². The molecular formula is C26H38N4O6. The highest BCUT2D eigenvalue weighted by atomic mass is 16.5. The zero-order valence-electron chi connectivity index (χ0n) is 21.4. The number of carbonyl (C=O) groups excluding carboxylic acids is 4. The van der Waals surface area contributed by atoms with Crippen molar-refractivity contribution in [2.75, 3.05) is 33.4 Å². The van der Waals surface area contributed by atoms with E-state index < -0.39 is 23.9 Å². The number of carbonyl (C=O) groups is 4. The first-order valence-corrected chi connectivity index (χ1v) is 12.6. The van der Waals surface area contributed by atoms with Crippen LogP contribution in [0.2, 0.25) is 0 Å². The van der Waals surface area contributed by atoms with Gasteiger partial charge in [0, 0.05) is 26.1 Å². The molecule has 2 bridgehead atoms. The molecule has 4 rings (SSSR count). The molecule has 4 amide bonds. The molecule has 2 heterocycles. The van der Waals surface area contributed by atoms with Gasteiger partial charge < -0.3 is 30.3 Å². The second kappa shape index (κ2) is 13.2. The van der Waals surface area contributed by atoms with Crippen molar-refractivity contribution in [3.8, 4) is 5.75 Å². The molecule has 198 valence electrons. The number of nitrogens with one attached hydrogen (secondary N) is 3. The van der Waals surface area contributed by atoms with Crippen LogP contribution in [0, 0.1) is 5.92 Å². The van der Waals surface area contributed by atoms with Crippen LogP contribution in [0.3, 0.4) is 0 Å². The summed E-state index contributed by atoms with van der Waals surface area (Å²) in [6.07, 6.45) is 3.62. The minimum atomic E-state index is -0.821. The first-order chi connectivity index (χ1) is 17.2. The Kier molecular flexibility index (Phi) is 10.1. The average Bonchev–Trinajstić information content (AvgIpc) is 2.81. The Hall–Kier alpha value is -3.14. The Balaban J connectivity index is 1.87. The maximum Gasteiger partial charge on any atom is 0.258 e. The number of rotatable bonds is 7. The Morgan fingerprint density at radius 1 is 1.14 bits per heavy atom. The quantitative estimate of drug-likeness (QED) is 0.473. The predicted octanol–water partition coefficient (Wildman–Crippen LogP) is 0.781. The van der Waals surface area contributed by atoms with E-state index in [-0.39, 0.29) is 56.5 Å². The molecule has 3 N–H and O–H groups in total. The molecule has 0 unspecified atom stereocenters. The SMILES string of the molecule is COCCN1CC(=O)N[C@H](C(=O)NC2CCC2)Cc2ccc(cc2)OCC(=O)N[C@@H](CC(C)C)C1=O. The fourth-order valence-corrected chi connectivity index (χ4v) is 4.20. The zero-order valence-corrected chi connectivity index (χ0v) is 21.4. The van der Waals surface area contributed by atoms with Crippen LogP contribution in [0.5, 0.6) is 5.75 Å². The zero-order chi connectivity index (χ0) is 26.1. The molecule has 0 spiro atoms. The highest BCUT2D eigenvalue weighted by Gasteiger charge is 2.31. The Morgan fingerprint density at radius 3 is 2.47 bits per heavy atom. The second-order valence-electron chi connectivity index (χ2n) is 9.90. The van der Waals surface area contributed by atoms with E-state index in [2.05, 4.69) is 16.0 Å². The summed E-state index contributed by atoms with van der Waals surface area (Å²) in [5.74, 6) is -0.877. The van der Waals surface area contributed by atoms with Gasteiger partial charge in [-0.2, -0.15) is 0 Å². The summed E-state index contributed by atoms with van der Waals surface area (Å²) in [6.45, 7) is 3.80. The minimum absolute atomic E-state index is 0.121. The highest BCUT2D eigenvalue weighted by molar-refractivity contribution is 5.93. The molecule has 1 fully saturated rings. The molecule has 1 saturated carbocycles. The van der Waals surface area contributed by atoms with Crippen molar-refractivity contribution >= 4 is 23.6 Å². The normalized spacial score (nSPS) is 22.0. The molecule has 10 heteroatoms. The average molecular weight is 503 g/mol. The Morgan fingerprint density at radius 2 is 1.86 bits per heavy atom. The van der Waals surface area contributed by atoms with Crippen molar-refractivity contribution in [3.05, 3.63) is 29.8 Å². The molecule has 0 aromatic heterocycles. The molecule has 2 aliphatic heterocycles. The fourth-order valence-electron chi connectivity index (χ4n) is 4.20. The van der Waals surface area contributed by atoms with Crippen molar-refractivity contribution in [1.82, 2.24) is 20.9 Å². The molecule has 0 saturated heterocycles. The number of ether oxygens (including phenoxy) is 2. The Labute approximate surface area is 212 Å². The summed E-state index contributed by atoms with van der Waals surface area (Å²) in [6, 6.07) is 5.59. The van der Waals surface area contributed by atoms with E-state index in [0.717, 1.165) is 24.8 Å². The summed E-state index contributed by atoms with van der Waals surface area (Å²) in [5, 5.41) is 8.60. The molecule has 0 radical (unpaired) electrons. The van der Waals surface area contributed by atoms with E-state index in [4.69, 9.17) is 9.47 Å². The van der Waals surface area contributed by atoms with E-state index in [0.29, 0.717) is 12.2 Å². The van der Waals surface area contributed by atoms with E-state index in [9.17, 15) is 19.2 Å². The van der Waals surface area contributed by atoms with Gasteiger partial charge in [-0.3, -0.25) is 19.2 Å². The molecular weight excluding hydrogens is 464 g/mol. The smallest absolute Gasteiger partial charge is 0.258 e. The first-order valence-electron chi connectivity index (χ1n) is 12.6. The lowest BCUT2D eigenvalue weighted by Crippen LogP contribution is -2.56. The van der Waals surface area contributed by atoms with Crippen LogP contribution in [-0.2, 0) is 30.3 Å². The Bertz CT molecular complexity index is 916. The largest absolute Gasteiger partial charge is 0.484 e. The van der Waals surface area contributed by atoms with Crippen molar-refractivity contribution in [1.29, 1.82) is 0 Å². The van der Waals surface area contributed by atoms with E-state index >= 15 is 0 Å². The van der Waals surface area contributed by atoms with Crippen LogP contribution in [-0.4, -0.2) is 80.1 Å². The number of methoxy groups -OCH3 is 1. The number of fused-ring (bicyclic) bond motifs is 13. The molecule has 36 heavy (non-hydrogen) atoms. The van der Waals surface area contributed by atoms with Gasteiger partial charge in [-0.15, -0.1) is 0 Å². The van der Waals surface area contributed by atoms with Gasteiger partial charge in [0.05, 0.1) is 13.2 Å². The van der Waals surface area contributed by atoms with E-state index in [1.807, 2.05) is 26.0 Å². The third-order valence-electron chi connectivity index (χ3n) is 6.39. The first kappa shape index (κ1) is 27.4. The molecule has 1 aromatic rings. The minimum Gasteiger partial charge on any atom is -0.484 e. The van der Waals surface area contributed by atoms with Crippen LogP contribution in [0.15, 0.2) is 24.3 Å². The van der Waals surface area contributed by atoms with Gasteiger partial charge in [0.2, 0.25) is 17.7 Å². The standard InChI is InChI=1S/C26H38N4O6/c1-17(2)13-22-26(34)30(11-12-35-3)15-23(31)28-21(25(33)27-19-5-4-6-19)14-18-7-9-20(10-8-18)36-16-24(32)29-22/h7-10,17,19,21-22H,4-6,11-16H2,1-3H3,(H,27,33)(H,28,31)(H,29,32)/t21-,22-/m0/s1. The molecule has 1 aliphatic carbocycles. The molecule has 2 atom stereocenters. The van der Waals surface area contributed by atoms with Crippen LogP contribution < -0.4 is 20.7 Å². The third-order valence-corrected chi connectivity index (χ3v) is 6.39. The summed E-state index contributed by atoms with van der Waals surface area (Å²) in [4.78, 5) is 53.5. The third kappa shape index (κ3) is 8.22. The summed E-state index contributed by atoms with van der Waals surface area (Å²) in [5.41, 5.74) is 0.831. The van der Waals surface area contributed by atoms with E-state index in [1.165, 1.54) is 12.0 Å². The molecule has 3 aliphatic rings. The lowest BCUT2D eigenvalue weighted by molar-refractivity contribution is -0.141. The number of hydrogen-bond acceptors (Lipinski definition) is 6. The highest BCUT2D eigenvalue weighted by Crippen LogP contribution is 2.19. The van der Waals surface area contributed by atoms with Crippen LogP contribution >= 0.6 is 0 Å². The van der Waals surface area contributed by atoms with Gasteiger partial charge in [0.1, 0.15) is 17.8 Å². The second-order valence-corrected chi connectivity index (χ2v) is 9.90. The monoisotopic (exact) mass is 502 g/mol. The van der Waals surface area contributed by atoms with Gasteiger partial charge in [-0.25, -0.2) is 0 Å². The predicted molar refractivity (Wildman–Crippen MR) is 133 cm³/mol. The van der Waals surface area contributed by atoms with Gasteiger partial charge >= 0.3 is 0 Å². The summed E-state index contributed by atoms with van der Waals surface area (Å²) < 4.78 is 10.8. The van der Waals surface area contributed by atoms with Crippen LogP contribution in [0.4, 0.5) is 0 Å². The van der Waals surface area contributed by atoms with E-state index in [1.54, 1.807) is 12.1 Å². The van der Waals surface area contributed by atoms with Crippen LogP contribution in [0.25, 0.3) is 0 Å². The topological polar surface area (TPSA) is 126 Å². The van der Waals surface area contributed by atoms with Gasteiger partial charge in [-0.1, -0.05) is 26.0 Å². The number of hydrogen-bond donors (Lipinski definition) is 3. The molecule has 10 nitrogen and oxygen atoms in total. The van der Waals surface area contributed by atoms with Crippen molar-refractivity contribution < 1.29 is 28.7 Å². The molecule has 1 aromatic carbocycles. The van der Waals surface area contributed by atoms with Crippen molar-refractivity contribution in [3.63, 3.8) is 0 Å². The van der Waals surface area contributed by atoms with Gasteiger partial charge in [0.15, 0.2) is 6.61 Å². The summed E-state index contributed by atoms with van der Waals surface area (Å²) in [7, 11) is 1.51. The summed E-state index contributed by atoms with van der Waals surface area (Å²) >= 11 is 0. The lowest BCUT2D eigenvalue weighted by Gasteiger charge is -2.30. The van der Waals surface area contributed by atoms with Gasteiger partial charge in [0.25, 0.3) is 5.91 Å².